The summed E-state index contributed by atoms with van der Waals surface area (Å²) in [7, 11) is 0. The fraction of sp³-hybridized carbons (Fsp3) is 0.438. The lowest BCUT2D eigenvalue weighted by atomic mass is 9.95. The number of anilines is 1. The minimum atomic E-state index is -1.19. The number of ether oxygens (including phenoxy) is 1. The quantitative estimate of drug-likeness (QED) is 0.664. The van der Waals surface area contributed by atoms with Crippen LogP contribution in [0.5, 0.6) is 0 Å². The van der Waals surface area contributed by atoms with Crippen LogP contribution in [0.3, 0.4) is 0 Å². The standard InChI is InChI=1S/C16H21NO6/c1-16(2,3)15(22)17-11-6-4-5-10(13(11)14(20)21)9-23-8-7-12(18)19/h4-6H,7-9H2,1-3H3,(H,17,22)(H,18,19)(H,20,21). The van der Waals surface area contributed by atoms with Gasteiger partial charge in [-0.3, -0.25) is 9.59 Å². The summed E-state index contributed by atoms with van der Waals surface area (Å²) in [5.41, 5.74) is -0.157. The van der Waals surface area contributed by atoms with E-state index in [9.17, 15) is 19.5 Å². The molecule has 1 aromatic rings. The second-order valence-electron chi connectivity index (χ2n) is 6.05. The number of carboxylic acid groups (broad SMARTS) is 2. The molecule has 126 valence electrons. The zero-order valence-corrected chi connectivity index (χ0v) is 13.4. The molecule has 7 heteroatoms. The Labute approximate surface area is 134 Å². The van der Waals surface area contributed by atoms with Crippen LogP contribution in [0.15, 0.2) is 18.2 Å². The highest BCUT2D eigenvalue weighted by Crippen LogP contribution is 2.24. The molecule has 0 heterocycles. The highest BCUT2D eigenvalue weighted by molar-refractivity contribution is 6.02. The number of carbonyl (C=O) groups is 3. The van der Waals surface area contributed by atoms with E-state index in [1.54, 1.807) is 32.9 Å². The zero-order valence-electron chi connectivity index (χ0n) is 13.4. The van der Waals surface area contributed by atoms with Crippen molar-refractivity contribution in [3.8, 4) is 0 Å². The average Bonchev–Trinajstić information content (AvgIpc) is 2.42. The van der Waals surface area contributed by atoms with Gasteiger partial charge in [0.2, 0.25) is 5.91 Å². The van der Waals surface area contributed by atoms with E-state index in [2.05, 4.69) is 5.32 Å². The molecule has 0 spiro atoms. The molecule has 1 amide bonds. The van der Waals surface area contributed by atoms with Crippen molar-refractivity contribution in [1.29, 1.82) is 0 Å². The van der Waals surface area contributed by atoms with Crippen molar-refractivity contribution >= 4 is 23.5 Å². The molecule has 3 N–H and O–H groups in total. The monoisotopic (exact) mass is 323 g/mol. The zero-order chi connectivity index (χ0) is 17.6. The van der Waals surface area contributed by atoms with Crippen LogP contribution in [0.4, 0.5) is 5.69 Å². The van der Waals surface area contributed by atoms with Crippen LogP contribution in [0, 0.1) is 5.41 Å². The van der Waals surface area contributed by atoms with Gasteiger partial charge in [0.25, 0.3) is 0 Å². The molecule has 0 unspecified atom stereocenters. The summed E-state index contributed by atoms with van der Waals surface area (Å²) >= 11 is 0. The second kappa shape index (κ2) is 7.73. The molecular formula is C16H21NO6. The fourth-order valence-electron chi connectivity index (χ4n) is 1.73. The van der Waals surface area contributed by atoms with Crippen molar-refractivity contribution in [2.24, 2.45) is 5.41 Å². The van der Waals surface area contributed by atoms with Gasteiger partial charge in [-0.25, -0.2) is 4.79 Å². The summed E-state index contributed by atoms with van der Waals surface area (Å²) in [6.07, 6.45) is -0.164. The Morgan fingerprint density at radius 3 is 2.35 bits per heavy atom. The van der Waals surface area contributed by atoms with Gasteiger partial charge in [0.05, 0.1) is 30.9 Å². The van der Waals surface area contributed by atoms with Crippen molar-refractivity contribution in [2.75, 3.05) is 11.9 Å². The van der Waals surface area contributed by atoms with Gasteiger partial charge in [-0.1, -0.05) is 32.9 Å². The summed E-state index contributed by atoms with van der Waals surface area (Å²) in [5.74, 6) is -2.48. The van der Waals surface area contributed by atoms with E-state index in [0.29, 0.717) is 5.56 Å². The lowest BCUT2D eigenvalue weighted by molar-refractivity contribution is -0.138. The highest BCUT2D eigenvalue weighted by Gasteiger charge is 2.24. The van der Waals surface area contributed by atoms with Crippen LogP contribution in [0.25, 0.3) is 0 Å². The number of hydrogen-bond donors (Lipinski definition) is 3. The lowest BCUT2D eigenvalue weighted by Gasteiger charge is -2.19. The molecule has 0 saturated carbocycles. The maximum atomic E-state index is 12.1. The average molecular weight is 323 g/mol. The Balaban J connectivity index is 2.95. The van der Waals surface area contributed by atoms with Crippen LogP contribution >= 0.6 is 0 Å². The molecule has 1 aromatic carbocycles. The maximum absolute atomic E-state index is 12.1. The molecule has 0 atom stereocenters. The van der Waals surface area contributed by atoms with Gasteiger partial charge in [0.15, 0.2) is 0 Å². The van der Waals surface area contributed by atoms with E-state index >= 15 is 0 Å². The Bertz CT molecular complexity index is 603. The molecule has 0 aliphatic heterocycles. The first kappa shape index (κ1) is 18.6. The topological polar surface area (TPSA) is 113 Å². The van der Waals surface area contributed by atoms with Crippen LogP contribution in [-0.4, -0.2) is 34.7 Å². The number of hydrogen-bond acceptors (Lipinski definition) is 4. The van der Waals surface area contributed by atoms with Gasteiger partial charge < -0.3 is 20.3 Å². The Morgan fingerprint density at radius 2 is 1.83 bits per heavy atom. The molecule has 0 radical (unpaired) electrons. The summed E-state index contributed by atoms with van der Waals surface area (Å²) in [4.78, 5) is 34.0. The number of carbonyl (C=O) groups excluding carboxylic acids is 1. The largest absolute Gasteiger partial charge is 0.481 e. The van der Waals surface area contributed by atoms with E-state index < -0.39 is 17.4 Å². The first-order chi connectivity index (χ1) is 10.6. The number of amides is 1. The molecule has 0 aromatic heterocycles. The number of nitrogens with one attached hydrogen (secondary N) is 1. The molecule has 0 aliphatic rings. The normalized spacial score (nSPS) is 11.1. The van der Waals surface area contributed by atoms with E-state index in [-0.39, 0.29) is 36.8 Å². The summed E-state index contributed by atoms with van der Waals surface area (Å²) in [6, 6.07) is 4.69. The minimum absolute atomic E-state index is 0.0209. The van der Waals surface area contributed by atoms with Crippen molar-refractivity contribution in [3.63, 3.8) is 0 Å². The predicted octanol–water partition coefficient (Wildman–Crippen LogP) is 2.36. The smallest absolute Gasteiger partial charge is 0.338 e. The Kier molecular flexibility index (Phi) is 6.27. The molecule has 0 aliphatic carbocycles. The molecule has 7 nitrogen and oxygen atoms in total. The van der Waals surface area contributed by atoms with Gasteiger partial charge in [0.1, 0.15) is 0 Å². The van der Waals surface area contributed by atoms with E-state index in [4.69, 9.17) is 9.84 Å². The summed E-state index contributed by atoms with van der Waals surface area (Å²) in [5, 5.41) is 20.6. The summed E-state index contributed by atoms with van der Waals surface area (Å²) in [6.45, 7) is 5.10. The second-order valence-corrected chi connectivity index (χ2v) is 6.05. The number of rotatable bonds is 7. The van der Waals surface area contributed by atoms with Crippen molar-refractivity contribution < 1.29 is 29.3 Å². The molecule has 0 saturated heterocycles. The molecule has 1 rings (SSSR count). The Morgan fingerprint density at radius 1 is 1.17 bits per heavy atom. The minimum Gasteiger partial charge on any atom is -0.481 e. The summed E-state index contributed by atoms with van der Waals surface area (Å²) < 4.78 is 5.19. The number of benzene rings is 1. The van der Waals surface area contributed by atoms with E-state index in [0.717, 1.165) is 0 Å². The molecule has 0 fully saturated rings. The number of carboxylic acids is 2. The van der Waals surface area contributed by atoms with Gasteiger partial charge in [-0.2, -0.15) is 0 Å². The third-order valence-corrected chi connectivity index (χ3v) is 3.01. The van der Waals surface area contributed by atoms with Crippen LogP contribution < -0.4 is 5.32 Å². The van der Waals surface area contributed by atoms with Gasteiger partial charge in [-0.15, -0.1) is 0 Å². The molecule has 23 heavy (non-hydrogen) atoms. The fourth-order valence-corrected chi connectivity index (χ4v) is 1.73. The van der Waals surface area contributed by atoms with Crippen LogP contribution in [0.1, 0.15) is 43.1 Å². The SMILES string of the molecule is CC(C)(C)C(=O)Nc1cccc(COCCC(=O)O)c1C(=O)O. The van der Waals surface area contributed by atoms with E-state index in [1.807, 2.05) is 0 Å². The Hall–Kier alpha value is -2.41. The third-order valence-electron chi connectivity index (χ3n) is 3.01. The third kappa shape index (κ3) is 5.71. The van der Waals surface area contributed by atoms with Crippen LogP contribution in [0.2, 0.25) is 0 Å². The molecule has 0 bridgehead atoms. The number of aliphatic carboxylic acids is 1. The number of aromatic carboxylic acids is 1. The van der Waals surface area contributed by atoms with E-state index in [1.165, 1.54) is 6.07 Å². The maximum Gasteiger partial charge on any atom is 0.338 e. The van der Waals surface area contributed by atoms with Crippen molar-refractivity contribution in [2.45, 2.75) is 33.8 Å². The first-order valence-corrected chi connectivity index (χ1v) is 7.09. The van der Waals surface area contributed by atoms with Crippen molar-refractivity contribution in [1.82, 2.24) is 0 Å². The van der Waals surface area contributed by atoms with Gasteiger partial charge in [0, 0.05) is 5.41 Å². The van der Waals surface area contributed by atoms with Crippen molar-refractivity contribution in [3.05, 3.63) is 29.3 Å². The highest BCUT2D eigenvalue weighted by atomic mass is 16.5. The predicted molar refractivity (Wildman–Crippen MR) is 83.4 cm³/mol. The lowest BCUT2D eigenvalue weighted by Crippen LogP contribution is -2.28. The van der Waals surface area contributed by atoms with Gasteiger partial charge in [-0.05, 0) is 11.6 Å². The first-order valence-electron chi connectivity index (χ1n) is 7.09. The molecular weight excluding hydrogens is 302 g/mol. The van der Waals surface area contributed by atoms with Crippen LogP contribution in [-0.2, 0) is 20.9 Å². The van der Waals surface area contributed by atoms with Gasteiger partial charge >= 0.3 is 11.9 Å².